The van der Waals surface area contributed by atoms with Crippen LogP contribution in [0.4, 0.5) is 5.69 Å². The van der Waals surface area contributed by atoms with Crippen molar-refractivity contribution in [3.63, 3.8) is 0 Å². The second kappa shape index (κ2) is 4.57. The molecule has 0 saturated heterocycles. The summed E-state index contributed by atoms with van der Waals surface area (Å²) in [5, 5.41) is -0.0974. The number of hydrogen-bond acceptors (Lipinski definition) is 2. The van der Waals surface area contributed by atoms with Crippen molar-refractivity contribution in [1.82, 2.24) is 0 Å². The van der Waals surface area contributed by atoms with Crippen LogP contribution in [0.3, 0.4) is 0 Å². The fraction of sp³-hybridized carbons (Fsp3) is 0.143. The molecule has 0 aromatic heterocycles. The number of nitrogens with one attached hydrogen (secondary N) is 1. The van der Waals surface area contributed by atoms with Gasteiger partial charge in [0.2, 0.25) is 10.0 Å². The lowest BCUT2D eigenvalue weighted by atomic mass is 10.3. The molecule has 0 spiro atoms. The zero-order chi connectivity index (χ0) is 10.8. The number of halogens is 3. The summed E-state index contributed by atoms with van der Waals surface area (Å²) in [6.45, 7) is 0. The number of sulfonamides is 1. The van der Waals surface area contributed by atoms with E-state index in [1.807, 2.05) is 0 Å². The van der Waals surface area contributed by atoms with Crippen molar-refractivity contribution >= 4 is 50.5 Å². The monoisotopic (exact) mass is 273 g/mol. The van der Waals surface area contributed by atoms with Gasteiger partial charge >= 0.3 is 0 Å². The first kappa shape index (κ1) is 11.9. The van der Waals surface area contributed by atoms with Gasteiger partial charge < -0.3 is 0 Å². The molecule has 0 heterocycles. The summed E-state index contributed by atoms with van der Waals surface area (Å²) in [7, 11) is -3.54. The van der Waals surface area contributed by atoms with Crippen LogP contribution in [0.2, 0.25) is 10.0 Å². The molecule has 0 fully saturated rings. The van der Waals surface area contributed by atoms with Gasteiger partial charge in [0.1, 0.15) is 5.21 Å². The molecule has 1 aromatic carbocycles. The molecule has 0 radical (unpaired) electrons. The molecule has 0 aliphatic carbocycles. The quantitative estimate of drug-likeness (QED) is 0.862. The Kier molecular flexibility index (Phi) is 3.89. The van der Waals surface area contributed by atoms with E-state index in [0.29, 0.717) is 0 Å². The Morgan fingerprint density at radius 3 is 2.50 bits per heavy atom. The third-order valence-electron chi connectivity index (χ3n) is 1.36. The SMILES string of the molecule is O=S(=O)(CCl)Nc1cccc(Cl)c1Cl. The highest BCUT2D eigenvalue weighted by Crippen LogP contribution is 2.30. The second-order valence-electron chi connectivity index (χ2n) is 2.43. The maximum absolute atomic E-state index is 11.1. The maximum Gasteiger partial charge on any atom is 0.246 e. The van der Waals surface area contributed by atoms with E-state index in [1.165, 1.54) is 6.07 Å². The number of anilines is 1. The first-order chi connectivity index (χ1) is 6.46. The normalized spacial score (nSPS) is 11.4. The summed E-state index contributed by atoms with van der Waals surface area (Å²) in [6.07, 6.45) is 0. The van der Waals surface area contributed by atoms with Crippen molar-refractivity contribution < 1.29 is 8.42 Å². The maximum atomic E-state index is 11.1. The van der Waals surface area contributed by atoms with E-state index in [0.717, 1.165) is 0 Å². The average molecular weight is 275 g/mol. The summed E-state index contributed by atoms with van der Waals surface area (Å²) in [5.74, 6) is 0. The van der Waals surface area contributed by atoms with E-state index in [2.05, 4.69) is 4.72 Å². The molecule has 1 aromatic rings. The van der Waals surface area contributed by atoms with Crippen LogP contribution in [-0.2, 0) is 10.0 Å². The fourth-order valence-corrected chi connectivity index (χ4v) is 1.90. The van der Waals surface area contributed by atoms with Crippen molar-refractivity contribution in [2.75, 3.05) is 9.93 Å². The van der Waals surface area contributed by atoms with Gasteiger partial charge in [-0.3, -0.25) is 4.72 Å². The zero-order valence-corrected chi connectivity index (χ0v) is 9.88. The van der Waals surface area contributed by atoms with E-state index in [9.17, 15) is 8.42 Å². The Hall–Kier alpha value is -0.160. The van der Waals surface area contributed by atoms with Crippen molar-refractivity contribution in [2.45, 2.75) is 0 Å². The van der Waals surface area contributed by atoms with Crippen LogP contribution in [0.1, 0.15) is 0 Å². The van der Waals surface area contributed by atoms with Gasteiger partial charge in [-0.05, 0) is 12.1 Å². The molecule has 3 nitrogen and oxygen atoms in total. The molecule has 1 rings (SSSR count). The van der Waals surface area contributed by atoms with Crippen LogP contribution in [0.5, 0.6) is 0 Å². The molecular weight excluding hydrogens is 269 g/mol. The van der Waals surface area contributed by atoms with Crippen LogP contribution < -0.4 is 4.72 Å². The van der Waals surface area contributed by atoms with Crippen LogP contribution in [0.15, 0.2) is 18.2 Å². The minimum Gasteiger partial charge on any atom is -0.281 e. The fourth-order valence-electron chi connectivity index (χ4n) is 0.777. The highest BCUT2D eigenvalue weighted by molar-refractivity contribution is 7.93. The van der Waals surface area contributed by atoms with Crippen molar-refractivity contribution in [1.29, 1.82) is 0 Å². The second-order valence-corrected chi connectivity index (χ2v) is 5.52. The molecule has 0 unspecified atom stereocenters. The summed E-state index contributed by atoms with van der Waals surface area (Å²) >= 11 is 16.6. The van der Waals surface area contributed by atoms with E-state index < -0.39 is 15.2 Å². The average Bonchev–Trinajstić information content (AvgIpc) is 2.13. The molecule has 0 aliphatic heterocycles. The van der Waals surface area contributed by atoms with E-state index >= 15 is 0 Å². The standard InChI is InChI=1S/C7H6Cl3NO2S/c8-4-14(12,13)11-6-3-1-2-5(9)7(6)10/h1-3,11H,4H2. The number of hydrogen-bond donors (Lipinski definition) is 1. The lowest BCUT2D eigenvalue weighted by molar-refractivity contribution is 0.605. The third kappa shape index (κ3) is 2.92. The van der Waals surface area contributed by atoms with E-state index in [-0.39, 0.29) is 15.7 Å². The Morgan fingerprint density at radius 1 is 1.29 bits per heavy atom. The van der Waals surface area contributed by atoms with Crippen LogP contribution in [-0.4, -0.2) is 13.6 Å². The predicted octanol–water partition coefficient (Wildman–Crippen LogP) is 2.93. The number of alkyl halides is 1. The van der Waals surface area contributed by atoms with Gasteiger partial charge in [0.25, 0.3) is 0 Å². The van der Waals surface area contributed by atoms with Gasteiger partial charge in [-0.15, -0.1) is 11.6 Å². The third-order valence-corrected chi connectivity index (χ3v) is 3.86. The molecule has 7 heteroatoms. The first-order valence-electron chi connectivity index (χ1n) is 3.47. The van der Waals surface area contributed by atoms with E-state index in [1.54, 1.807) is 12.1 Å². The summed E-state index contributed by atoms with van der Waals surface area (Å²) in [4.78, 5) is 0. The summed E-state index contributed by atoms with van der Waals surface area (Å²) < 4.78 is 24.4. The predicted molar refractivity (Wildman–Crippen MR) is 59.7 cm³/mol. The Balaban J connectivity index is 3.05. The van der Waals surface area contributed by atoms with Gasteiger partial charge in [-0.2, -0.15) is 0 Å². The largest absolute Gasteiger partial charge is 0.281 e. The molecule has 0 amide bonds. The van der Waals surface area contributed by atoms with E-state index in [4.69, 9.17) is 34.8 Å². The van der Waals surface area contributed by atoms with Gasteiger partial charge in [-0.25, -0.2) is 8.42 Å². The first-order valence-corrected chi connectivity index (χ1v) is 6.41. The van der Waals surface area contributed by atoms with Gasteiger partial charge in [0.05, 0.1) is 15.7 Å². The van der Waals surface area contributed by atoms with Crippen molar-refractivity contribution in [3.05, 3.63) is 28.2 Å². The Morgan fingerprint density at radius 2 is 1.93 bits per heavy atom. The molecular formula is C7H6Cl3NO2S. The van der Waals surface area contributed by atoms with Crippen molar-refractivity contribution in [3.8, 4) is 0 Å². The Labute approximate surface area is 97.0 Å². The summed E-state index contributed by atoms with van der Waals surface area (Å²) in [6, 6.07) is 4.64. The van der Waals surface area contributed by atoms with Gasteiger partial charge in [0, 0.05) is 0 Å². The van der Waals surface area contributed by atoms with Gasteiger partial charge in [0.15, 0.2) is 0 Å². The molecule has 78 valence electrons. The molecule has 0 aliphatic rings. The highest BCUT2D eigenvalue weighted by atomic mass is 35.5. The lowest BCUT2D eigenvalue weighted by Gasteiger charge is -2.07. The summed E-state index contributed by atoms with van der Waals surface area (Å²) in [5.41, 5.74) is 0.222. The number of benzene rings is 1. The molecule has 0 saturated carbocycles. The van der Waals surface area contributed by atoms with Crippen LogP contribution >= 0.6 is 34.8 Å². The lowest BCUT2D eigenvalue weighted by Crippen LogP contribution is -2.13. The topological polar surface area (TPSA) is 46.2 Å². The smallest absolute Gasteiger partial charge is 0.246 e. The van der Waals surface area contributed by atoms with Crippen LogP contribution in [0.25, 0.3) is 0 Å². The Bertz CT molecular complexity index is 433. The minimum absolute atomic E-state index is 0.155. The molecule has 0 bridgehead atoms. The molecule has 1 N–H and O–H groups in total. The number of rotatable bonds is 3. The minimum atomic E-state index is -3.54. The van der Waals surface area contributed by atoms with Crippen LogP contribution in [0, 0.1) is 0 Å². The molecule has 0 atom stereocenters. The zero-order valence-electron chi connectivity index (χ0n) is 6.80. The van der Waals surface area contributed by atoms with Crippen molar-refractivity contribution in [2.24, 2.45) is 0 Å². The highest BCUT2D eigenvalue weighted by Gasteiger charge is 2.11. The molecule has 14 heavy (non-hydrogen) atoms. The van der Waals surface area contributed by atoms with Gasteiger partial charge in [-0.1, -0.05) is 29.3 Å².